The van der Waals surface area contributed by atoms with Gasteiger partial charge in [0.15, 0.2) is 5.78 Å². The van der Waals surface area contributed by atoms with Crippen LogP contribution in [0.1, 0.15) is 30.5 Å². The first-order chi connectivity index (χ1) is 11.5. The Labute approximate surface area is 154 Å². The van der Waals surface area contributed by atoms with Crippen LogP contribution >= 0.6 is 12.4 Å². The summed E-state index contributed by atoms with van der Waals surface area (Å²) in [4.78, 5) is 14.5. The van der Waals surface area contributed by atoms with E-state index in [0.29, 0.717) is 19.5 Å². The van der Waals surface area contributed by atoms with Crippen LogP contribution in [0.3, 0.4) is 0 Å². The average molecular weight is 362 g/mol. The van der Waals surface area contributed by atoms with Gasteiger partial charge in [0.1, 0.15) is 11.4 Å². The van der Waals surface area contributed by atoms with E-state index in [2.05, 4.69) is 17.0 Å². The first-order valence-electron chi connectivity index (χ1n) is 8.17. The number of rotatable bonds is 4. The van der Waals surface area contributed by atoms with Crippen LogP contribution in [0.25, 0.3) is 0 Å². The lowest BCUT2D eigenvalue weighted by atomic mass is 9.85. The number of Topliss-reactive ketones (excluding diaryl/α,β-unsaturated/α-hetero) is 1. The lowest BCUT2D eigenvalue weighted by molar-refractivity contribution is -0.146. The van der Waals surface area contributed by atoms with Crippen molar-refractivity contribution in [3.05, 3.63) is 65.7 Å². The van der Waals surface area contributed by atoms with Gasteiger partial charge in [-0.3, -0.25) is 9.69 Å². The van der Waals surface area contributed by atoms with Gasteiger partial charge in [0.2, 0.25) is 0 Å². The molecule has 0 spiro atoms. The van der Waals surface area contributed by atoms with Crippen molar-refractivity contribution < 1.29 is 14.6 Å². The number of nitrogens with zero attached hydrogens (tertiary/aromatic N) is 1. The third kappa shape index (κ3) is 4.40. The van der Waals surface area contributed by atoms with Crippen LogP contribution in [0.15, 0.2) is 54.6 Å². The van der Waals surface area contributed by atoms with E-state index in [1.54, 1.807) is 14.0 Å². The van der Waals surface area contributed by atoms with Crippen molar-refractivity contribution in [3.63, 3.8) is 0 Å². The number of carbonyl (C=O) groups excluding carboxylic acids is 1. The number of carbonyl (C=O) groups is 1. The maximum absolute atomic E-state index is 12.3. The highest BCUT2D eigenvalue weighted by molar-refractivity contribution is 5.88. The third-order valence-corrected chi connectivity index (χ3v) is 4.66. The topological polar surface area (TPSA) is 49.8 Å². The molecule has 0 saturated carbocycles. The summed E-state index contributed by atoms with van der Waals surface area (Å²) < 4.78 is 5.21. The van der Waals surface area contributed by atoms with E-state index in [1.807, 2.05) is 42.5 Å². The Kier molecular flexibility index (Phi) is 6.22. The van der Waals surface area contributed by atoms with Gasteiger partial charge in [0, 0.05) is 25.6 Å². The molecule has 0 radical (unpaired) electrons. The van der Waals surface area contributed by atoms with Crippen LogP contribution < -0.4 is 4.74 Å². The van der Waals surface area contributed by atoms with Crippen molar-refractivity contribution in [2.45, 2.75) is 31.5 Å². The fraction of sp³-hybridized carbons (Fsp3) is 0.350. The largest absolute Gasteiger partial charge is 0.497 e. The van der Waals surface area contributed by atoms with Crippen molar-refractivity contribution in [2.24, 2.45) is 0 Å². The molecule has 1 N–H and O–H groups in total. The first-order valence-corrected chi connectivity index (χ1v) is 8.17. The number of ether oxygens (including phenoxy) is 1. The quantitative estimate of drug-likeness (QED) is 0.907. The Bertz CT molecular complexity index is 701. The number of piperidine rings is 1. The molecule has 1 saturated heterocycles. The third-order valence-electron chi connectivity index (χ3n) is 4.66. The molecule has 0 amide bonds. The number of benzene rings is 2. The highest BCUT2D eigenvalue weighted by Crippen LogP contribution is 2.34. The Hall–Kier alpha value is -1.88. The predicted octanol–water partition coefficient (Wildman–Crippen LogP) is 3.38. The normalized spacial score (nSPS) is 23.8. The van der Waals surface area contributed by atoms with Gasteiger partial charge in [0.05, 0.1) is 7.11 Å². The zero-order chi connectivity index (χ0) is 17.2. The van der Waals surface area contributed by atoms with E-state index in [0.717, 1.165) is 11.3 Å². The van der Waals surface area contributed by atoms with Crippen LogP contribution in [0.2, 0.25) is 0 Å². The van der Waals surface area contributed by atoms with E-state index in [-0.39, 0.29) is 24.2 Å². The van der Waals surface area contributed by atoms with Crippen LogP contribution in [0.4, 0.5) is 0 Å². The van der Waals surface area contributed by atoms with Gasteiger partial charge in [0.25, 0.3) is 0 Å². The summed E-state index contributed by atoms with van der Waals surface area (Å²) in [7, 11) is 1.64. The van der Waals surface area contributed by atoms with Crippen LogP contribution in [-0.2, 0) is 11.3 Å². The number of methoxy groups -OCH3 is 1. The number of halogens is 1. The Morgan fingerprint density at radius 2 is 1.80 bits per heavy atom. The molecular formula is C20H24ClNO3. The second kappa shape index (κ2) is 8.00. The Morgan fingerprint density at radius 1 is 1.16 bits per heavy atom. The highest BCUT2D eigenvalue weighted by Gasteiger charge is 2.41. The van der Waals surface area contributed by atoms with Crippen molar-refractivity contribution in [3.8, 4) is 5.75 Å². The van der Waals surface area contributed by atoms with E-state index < -0.39 is 5.60 Å². The number of β-amino-alcohol motifs (C(OH)–C–C–N with tert-alkyl or cyclic N) is 1. The van der Waals surface area contributed by atoms with Gasteiger partial charge in [-0.15, -0.1) is 12.4 Å². The molecule has 0 bridgehead atoms. The summed E-state index contributed by atoms with van der Waals surface area (Å²) in [6.45, 7) is 2.63. The summed E-state index contributed by atoms with van der Waals surface area (Å²) >= 11 is 0. The van der Waals surface area contributed by atoms with Gasteiger partial charge >= 0.3 is 0 Å². The second-order valence-electron chi connectivity index (χ2n) is 6.58. The molecule has 5 heteroatoms. The zero-order valence-corrected chi connectivity index (χ0v) is 15.3. The second-order valence-corrected chi connectivity index (χ2v) is 6.58. The highest BCUT2D eigenvalue weighted by atomic mass is 35.5. The Balaban J connectivity index is 0.00000225. The van der Waals surface area contributed by atoms with Crippen molar-refractivity contribution >= 4 is 18.2 Å². The van der Waals surface area contributed by atoms with Crippen LogP contribution in [0, 0.1) is 0 Å². The minimum absolute atomic E-state index is 0. The van der Waals surface area contributed by atoms with Gasteiger partial charge < -0.3 is 9.84 Å². The van der Waals surface area contributed by atoms with E-state index in [9.17, 15) is 9.90 Å². The van der Waals surface area contributed by atoms with Crippen molar-refractivity contribution in [1.29, 1.82) is 0 Å². The fourth-order valence-electron chi connectivity index (χ4n) is 3.26. The molecule has 0 unspecified atom stereocenters. The maximum atomic E-state index is 12.3. The number of hydrogen-bond acceptors (Lipinski definition) is 4. The summed E-state index contributed by atoms with van der Waals surface area (Å²) in [5.41, 5.74) is 0.939. The molecule has 25 heavy (non-hydrogen) atoms. The molecule has 3 rings (SSSR count). The molecule has 2 aromatic rings. The van der Waals surface area contributed by atoms with Gasteiger partial charge in [-0.2, -0.15) is 0 Å². The molecule has 1 fully saturated rings. The van der Waals surface area contributed by atoms with E-state index in [1.165, 1.54) is 5.56 Å². The maximum Gasteiger partial charge on any atom is 0.167 e. The molecule has 2 atom stereocenters. The number of aliphatic hydroxyl groups is 1. The first kappa shape index (κ1) is 19.4. The predicted molar refractivity (Wildman–Crippen MR) is 100 cm³/mol. The summed E-state index contributed by atoms with van der Waals surface area (Å²) in [6, 6.07) is 17.9. The van der Waals surface area contributed by atoms with E-state index >= 15 is 0 Å². The lowest BCUT2D eigenvalue weighted by Gasteiger charge is -2.42. The number of hydrogen-bond donors (Lipinski definition) is 1. The molecule has 1 aliphatic heterocycles. The molecular weight excluding hydrogens is 338 g/mol. The molecule has 1 aliphatic rings. The summed E-state index contributed by atoms with van der Waals surface area (Å²) in [6.07, 6.45) is 0.312. The average Bonchev–Trinajstić information content (AvgIpc) is 2.59. The SMILES string of the molecule is COc1ccc([C@@H]2CC(=O)[C@@](C)(O)CN2Cc2ccccc2)cc1.Cl. The minimum Gasteiger partial charge on any atom is -0.497 e. The smallest absolute Gasteiger partial charge is 0.167 e. The Morgan fingerprint density at radius 3 is 2.40 bits per heavy atom. The minimum atomic E-state index is -1.29. The fourth-order valence-corrected chi connectivity index (χ4v) is 3.26. The standard InChI is InChI=1S/C20H23NO3.ClH/c1-20(23)14-21(13-15-6-4-3-5-7-15)18(12-19(20)22)16-8-10-17(24-2)11-9-16;/h3-11,18,23H,12-14H2,1-2H3;1H/t18-,20-;/m0./s1. The van der Waals surface area contributed by atoms with Gasteiger partial charge in [-0.05, 0) is 30.2 Å². The zero-order valence-electron chi connectivity index (χ0n) is 14.5. The number of likely N-dealkylation sites (tertiary alicyclic amines) is 1. The van der Waals surface area contributed by atoms with Crippen LogP contribution in [-0.4, -0.2) is 35.0 Å². The molecule has 1 heterocycles. The summed E-state index contributed by atoms with van der Waals surface area (Å²) in [5.74, 6) is 0.690. The van der Waals surface area contributed by atoms with Crippen LogP contribution in [0.5, 0.6) is 5.75 Å². The lowest BCUT2D eigenvalue weighted by Crippen LogP contribution is -2.53. The molecule has 0 aromatic heterocycles. The van der Waals surface area contributed by atoms with Gasteiger partial charge in [-0.1, -0.05) is 42.5 Å². The monoisotopic (exact) mass is 361 g/mol. The van der Waals surface area contributed by atoms with E-state index in [4.69, 9.17) is 4.74 Å². The molecule has 4 nitrogen and oxygen atoms in total. The molecule has 134 valence electrons. The molecule has 2 aromatic carbocycles. The van der Waals surface area contributed by atoms with Crippen molar-refractivity contribution in [2.75, 3.05) is 13.7 Å². The van der Waals surface area contributed by atoms with Gasteiger partial charge in [-0.25, -0.2) is 0 Å². The number of ketones is 1. The van der Waals surface area contributed by atoms with Crippen molar-refractivity contribution in [1.82, 2.24) is 4.90 Å². The summed E-state index contributed by atoms with van der Waals surface area (Å²) in [5, 5.41) is 10.4. The molecule has 0 aliphatic carbocycles.